The van der Waals surface area contributed by atoms with Crippen molar-refractivity contribution in [1.29, 1.82) is 0 Å². The van der Waals surface area contributed by atoms with Crippen molar-refractivity contribution >= 4 is 0 Å². The lowest BCUT2D eigenvalue weighted by molar-refractivity contribution is -0.144. The van der Waals surface area contributed by atoms with Crippen LogP contribution in [0, 0.1) is 5.92 Å². The second-order valence-corrected chi connectivity index (χ2v) is 4.99. The van der Waals surface area contributed by atoms with Crippen LogP contribution in [-0.4, -0.2) is 50.0 Å². The molecule has 1 fully saturated rings. The molecule has 0 spiro atoms. The summed E-state index contributed by atoms with van der Waals surface area (Å²) in [7, 11) is 0. The summed E-state index contributed by atoms with van der Waals surface area (Å²) in [5.41, 5.74) is 0. The molecule has 0 radical (unpaired) electrons. The maximum atomic E-state index is 12.9. The molecule has 0 aliphatic carbocycles. The Kier molecular flexibility index (Phi) is 6.35. The highest BCUT2D eigenvalue weighted by Gasteiger charge is 2.42. The van der Waals surface area contributed by atoms with E-state index in [1.54, 1.807) is 0 Å². The lowest BCUT2D eigenvalue weighted by Crippen LogP contribution is -2.46. The molecule has 6 heteroatoms. The average molecular weight is 270 g/mol. The molecule has 1 aliphatic heterocycles. The minimum Gasteiger partial charge on any atom is -0.316 e. The normalized spacial score (nSPS) is 19.7. The highest BCUT2D eigenvalue weighted by atomic mass is 19.3. The zero-order chi connectivity index (χ0) is 13.6. The van der Waals surface area contributed by atoms with Crippen LogP contribution in [0.25, 0.3) is 0 Å². The largest absolute Gasteiger partial charge is 0.319 e. The third kappa shape index (κ3) is 5.10. The van der Waals surface area contributed by atoms with Crippen LogP contribution in [0.2, 0.25) is 0 Å². The van der Waals surface area contributed by atoms with Gasteiger partial charge in [-0.3, -0.25) is 4.90 Å². The summed E-state index contributed by atoms with van der Waals surface area (Å²) in [5, 5.41) is 3.30. The van der Waals surface area contributed by atoms with Crippen molar-refractivity contribution in [3.63, 3.8) is 0 Å². The van der Waals surface area contributed by atoms with Crippen LogP contribution in [0.1, 0.15) is 26.2 Å². The number of nitrogens with zero attached hydrogens (tertiary/aromatic N) is 1. The zero-order valence-electron chi connectivity index (χ0n) is 10.8. The van der Waals surface area contributed by atoms with Gasteiger partial charge in [-0.2, -0.15) is 8.78 Å². The molecular weight excluding hydrogens is 248 g/mol. The van der Waals surface area contributed by atoms with Gasteiger partial charge in [0.1, 0.15) is 0 Å². The number of nitrogens with one attached hydrogen (secondary N) is 1. The number of hydrogen-bond acceptors (Lipinski definition) is 2. The van der Waals surface area contributed by atoms with Gasteiger partial charge in [-0.1, -0.05) is 6.92 Å². The van der Waals surface area contributed by atoms with Crippen LogP contribution in [0.3, 0.4) is 0 Å². The third-order valence-corrected chi connectivity index (χ3v) is 3.32. The van der Waals surface area contributed by atoms with Crippen molar-refractivity contribution in [2.75, 3.05) is 32.7 Å². The number of halogens is 4. The Balaban J connectivity index is 2.23. The lowest BCUT2D eigenvalue weighted by atomic mass is 9.96. The topological polar surface area (TPSA) is 15.3 Å². The standard InChI is InChI=1S/C12H22F4N2/c1-2-5-17-8-10-3-6-18(7-4-10)9-12(15,16)11(13)14/h10-11,17H,2-9H2,1H3. The van der Waals surface area contributed by atoms with Crippen molar-refractivity contribution in [2.45, 2.75) is 38.5 Å². The number of hydrogen-bond donors (Lipinski definition) is 1. The van der Waals surface area contributed by atoms with Gasteiger partial charge < -0.3 is 5.32 Å². The molecule has 1 aliphatic rings. The van der Waals surface area contributed by atoms with E-state index in [1.807, 2.05) is 0 Å². The Morgan fingerprint density at radius 1 is 1.28 bits per heavy atom. The Bertz CT molecular complexity index is 228. The molecule has 0 unspecified atom stereocenters. The number of likely N-dealkylation sites (tertiary alicyclic amines) is 1. The average Bonchev–Trinajstić information content (AvgIpc) is 2.31. The predicted octanol–water partition coefficient (Wildman–Crippen LogP) is 2.60. The fraction of sp³-hybridized carbons (Fsp3) is 1.00. The second-order valence-electron chi connectivity index (χ2n) is 4.99. The predicted molar refractivity (Wildman–Crippen MR) is 63.3 cm³/mol. The van der Waals surface area contributed by atoms with Gasteiger partial charge in [-0.25, -0.2) is 8.78 Å². The summed E-state index contributed by atoms with van der Waals surface area (Å²) in [6.07, 6.45) is -0.896. The molecule has 1 saturated heterocycles. The summed E-state index contributed by atoms with van der Waals surface area (Å²) in [6, 6.07) is 0. The number of alkyl halides is 4. The molecule has 0 saturated carbocycles. The van der Waals surface area contributed by atoms with E-state index in [2.05, 4.69) is 12.2 Å². The summed E-state index contributed by atoms with van der Waals surface area (Å²) >= 11 is 0. The van der Waals surface area contributed by atoms with E-state index in [0.29, 0.717) is 19.0 Å². The van der Waals surface area contributed by atoms with E-state index in [0.717, 1.165) is 32.4 Å². The fourth-order valence-electron chi connectivity index (χ4n) is 2.20. The van der Waals surface area contributed by atoms with E-state index in [1.165, 1.54) is 4.90 Å². The summed E-state index contributed by atoms with van der Waals surface area (Å²) in [5.74, 6) is -3.40. The van der Waals surface area contributed by atoms with Crippen molar-refractivity contribution in [3.05, 3.63) is 0 Å². The van der Waals surface area contributed by atoms with Crippen LogP contribution in [0.4, 0.5) is 17.6 Å². The smallest absolute Gasteiger partial charge is 0.316 e. The number of rotatable bonds is 7. The van der Waals surface area contributed by atoms with E-state index in [9.17, 15) is 17.6 Å². The van der Waals surface area contributed by atoms with Crippen molar-refractivity contribution in [2.24, 2.45) is 5.92 Å². The van der Waals surface area contributed by atoms with Gasteiger partial charge in [0.05, 0.1) is 6.54 Å². The van der Waals surface area contributed by atoms with E-state index < -0.39 is 18.9 Å². The first-order valence-electron chi connectivity index (χ1n) is 6.54. The van der Waals surface area contributed by atoms with Crippen molar-refractivity contribution in [3.8, 4) is 0 Å². The number of piperidine rings is 1. The molecule has 0 aromatic carbocycles. The van der Waals surface area contributed by atoms with Crippen LogP contribution in [0.5, 0.6) is 0 Å². The second kappa shape index (κ2) is 7.28. The Morgan fingerprint density at radius 3 is 2.39 bits per heavy atom. The van der Waals surface area contributed by atoms with E-state index in [4.69, 9.17) is 0 Å². The summed E-state index contributed by atoms with van der Waals surface area (Å²) in [6.45, 7) is 4.10. The third-order valence-electron chi connectivity index (χ3n) is 3.32. The van der Waals surface area contributed by atoms with Crippen LogP contribution >= 0.6 is 0 Å². The molecule has 0 bridgehead atoms. The van der Waals surface area contributed by atoms with Crippen LogP contribution in [-0.2, 0) is 0 Å². The molecule has 1 rings (SSSR count). The minimum atomic E-state index is -3.88. The SMILES string of the molecule is CCCNCC1CCN(CC(F)(F)C(F)F)CC1. The molecule has 2 nitrogen and oxygen atoms in total. The molecule has 1 N–H and O–H groups in total. The maximum absolute atomic E-state index is 12.9. The highest BCUT2D eigenvalue weighted by Crippen LogP contribution is 2.26. The molecule has 0 aromatic heterocycles. The monoisotopic (exact) mass is 270 g/mol. The Morgan fingerprint density at radius 2 is 1.89 bits per heavy atom. The first-order chi connectivity index (χ1) is 8.45. The molecule has 0 aromatic rings. The van der Waals surface area contributed by atoms with Crippen LogP contribution in [0.15, 0.2) is 0 Å². The minimum absolute atomic E-state index is 0.480. The maximum Gasteiger partial charge on any atom is 0.319 e. The lowest BCUT2D eigenvalue weighted by Gasteiger charge is -2.34. The van der Waals surface area contributed by atoms with Crippen molar-refractivity contribution in [1.82, 2.24) is 10.2 Å². The van der Waals surface area contributed by atoms with Gasteiger partial charge in [-0.15, -0.1) is 0 Å². The molecule has 0 amide bonds. The highest BCUT2D eigenvalue weighted by molar-refractivity contribution is 4.80. The van der Waals surface area contributed by atoms with Gasteiger partial charge in [0, 0.05) is 0 Å². The van der Waals surface area contributed by atoms with Gasteiger partial charge in [-0.05, 0) is 51.4 Å². The Labute approximate surface area is 106 Å². The summed E-state index contributed by atoms with van der Waals surface area (Å²) in [4.78, 5) is 1.45. The molecular formula is C12H22F4N2. The molecule has 108 valence electrons. The van der Waals surface area contributed by atoms with Gasteiger partial charge in [0.2, 0.25) is 0 Å². The fourth-order valence-corrected chi connectivity index (χ4v) is 2.20. The van der Waals surface area contributed by atoms with Gasteiger partial charge in [0.15, 0.2) is 0 Å². The van der Waals surface area contributed by atoms with Crippen molar-refractivity contribution < 1.29 is 17.6 Å². The van der Waals surface area contributed by atoms with E-state index >= 15 is 0 Å². The zero-order valence-corrected chi connectivity index (χ0v) is 10.8. The van der Waals surface area contributed by atoms with E-state index in [-0.39, 0.29) is 0 Å². The molecule has 18 heavy (non-hydrogen) atoms. The van der Waals surface area contributed by atoms with Gasteiger partial charge >= 0.3 is 12.3 Å². The Hall–Kier alpha value is -0.360. The summed E-state index contributed by atoms with van der Waals surface area (Å²) < 4.78 is 49.9. The van der Waals surface area contributed by atoms with Gasteiger partial charge in [0.25, 0.3) is 0 Å². The quantitative estimate of drug-likeness (QED) is 0.565. The first kappa shape index (κ1) is 15.7. The first-order valence-corrected chi connectivity index (χ1v) is 6.54. The molecule has 1 heterocycles. The molecule has 0 atom stereocenters. The van der Waals surface area contributed by atoms with Crippen LogP contribution < -0.4 is 5.32 Å².